The molecule has 1 saturated carbocycles. The van der Waals surface area contributed by atoms with Gasteiger partial charge in [0.2, 0.25) is 0 Å². The van der Waals surface area contributed by atoms with Gasteiger partial charge in [-0.25, -0.2) is 0 Å². The highest BCUT2D eigenvalue weighted by molar-refractivity contribution is 5.82. The molecule has 140 valence electrons. The topological polar surface area (TPSA) is 47.6 Å². The Labute approximate surface area is 159 Å². The van der Waals surface area contributed by atoms with Gasteiger partial charge in [-0.1, -0.05) is 36.4 Å². The smallest absolute Gasteiger partial charge is 0.314 e. The molecule has 0 spiro atoms. The zero-order valence-electron chi connectivity index (χ0n) is 15.8. The number of carbonyl (C=O) groups excluding carboxylic acids is 1. The molecule has 0 aromatic heterocycles. The summed E-state index contributed by atoms with van der Waals surface area (Å²) in [6.45, 7) is 1.52. The lowest BCUT2D eigenvalue weighted by Gasteiger charge is -2.59. The minimum Gasteiger partial charge on any atom is -0.497 e. The molecule has 6 rings (SSSR count). The Morgan fingerprint density at radius 2 is 2.00 bits per heavy atom. The molecule has 1 heterocycles. The van der Waals surface area contributed by atoms with E-state index < -0.39 is 5.41 Å². The Kier molecular flexibility index (Phi) is 3.63. The van der Waals surface area contributed by atoms with E-state index >= 15 is 0 Å². The summed E-state index contributed by atoms with van der Waals surface area (Å²) in [4.78, 5) is 13.2. The van der Waals surface area contributed by atoms with Crippen molar-refractivity contribution in [2.24, 2.45) is 11.3 Å². The zero-order valence-corrected chi connectivity index (χ0v) is 15.8. The molecule has 2 bridgehead atoms. The number of benzene rings is 2. The number of nitrogens with one attached hydrogen (secondary N) is 1. The molecule has 27 heavy (non-hydrogen) atoms. The predicted octanol–water partition coefficient (Wildman–Crippen LogP) is 3.25. The lowest BCUT2D eigenvalue weighted by atomic mass is 9.42. The summed E-state index contributed by atoms with van der Waals surface area (Å²) in [5, 5.41) is 3.55. The first-order chi connectivity index (χ1) is 13.2. The van der Waals surface area contributed by atoms with Gasteiger partial charge in [-0.05, 0) is 41.7 Å². The third-order valence-corrected chi connectivity index (χ3v) is 7.40. The second-order valence-corrected chi connectivity index (χ2v) is 8.10. The Hall–Kier alpha value is -2.33. The number of hydrogen-bond donors (Lipinski definition) is 1. The van der Waals surface area contributed by atoms with E-state index in [0.29, 0.717) is 6.54 Å². The molecule has 1 aliphatic heterocycles. The van der Waals surface area contributed by atoms with Gasteiger partial charge in [-0.2, -0.15) is 0 Å². The Balaban J connectivity index is 1.82. The molecule has 2 fully saturated rings. The molecule has 4 aliphatic rings. The summed E-state index contributed by atoms with van der Waals surface area (Å²) in [6, 6.07) is 17.1. The van der Waals surface area contributed by atoms with Crippen molar-refractivity contribution < 1.29 is 14.3 Å². The molecule has 4 heteroatoms. The molecular formula is C23H25NO3. The summed E-state index contributed by atoms with van der Waals surface area (Å²) in [5.74, 6) is 1.19. The molecule has 4 atom stereocenters. The number of carbonyl (C=O) groups is 1. The van der Waals surface area contributed by atoms with Crippen molar-refractivity contribution in [3.63, 3.8) is 0 Å². The van der Waals surface area contributed by atoms with E-state index in [9.17, 15) is 4.79 Å². The highest BCUT2D eigenvalue weighted by Crippen LogP contribution is 2.68. The zero-order chi connectivity index (χ0) is 18.6. The van der Waals surface area contributed by atoms with Crippen molar-refractivity contribution in [3.05, 3.63) is 65.2 Å². The quantitative estimate of drug-likeness (QED) is 0.851. The minimum absolute atomic E-state index is 0.0658. The van der Waals surface area contributed by atoms with Gasteiger partial charge in [0.25, 0.3) is 0 Å². The number of hydrogen-bond acceptors (Lipinski definition) is 4. The van der Waals surface area contributed by atoms with Crippen molar-refractivity contribution in [2.75, 3.05) is 27.3 Å². The number of ether oxygens (including phenoxy) is 2. The molecule has 2 aromatic carbocycles. The van der Waals surface area contributed by atoms with Crippen LogP contribution in [-0.4, -0.2) is 33.3 Å². The Bertz CT molecular complexity index is 910. The van der Waals surface area contributed by atoms with Crippen LogP contribution in [0.25, 0.3) is 0 Å². The van der Waals surface area contributed by atoms with Gasteiger partial charge in [0.05, 0.1) is 19.6 Å². The van der Waals surface area contributed by atoms with Crippen LogP contribution in [0.4, 0.5) is 0 Å². The lowest BCUT2D eigenvalue weighted by Crippen LogP contribution is -2.60. The van der Waals surface area contributed by atoms with E-state index in [1.54, 1.807) is 7.11 Å². The molecular weight excluding hydrogens is 338 g/mol. The third-order valence-electron chi connectivity index (χ3n) is 7.40. The van der Waals surface area contributed by atoms with E-state index in [4.69, 9.17) is 9.47 Å². The van der Waals surface area contributed by atoms with Crippen LogP contribution in [0.1, 0.15) is 35.4 Å². The number of methoxy groups -OCH3 is 2. The van der Waals surface area contributed by atoms with Crippen LogP contribution in [-0.2, 0) is 14.9 Å². The summed E-state index contributed by atoms with van der Waals surface area (Å²) in [6.07, 6.45) is 2.05. The highest BCUT2D eigenvalue weighted by atomic mass is 16.5. The van der Waals surface area contributed by atoms with Gasteiger partial charge in [0.15, 0.2) is 0 Å². The second kappa shape index (κ2) is 5.83. The van der Waals surface area contributed by atoms with Crippen molar-refractivity contribution in [1.82, 2.24) is 5.32 Å². The fraction of sp³-hybridized carbons (Fsp3) is 0.435. The SMILES string of the molecule is COC(=O)C12CNCC1C1(c3cccc(OC)c3)CCC2c2ccccc21. The molecule has 4 nitrogen and oxygen atoms in total. The maximum atomic E-state index is 13.2. The molecule has 4 unspecified atom stereocenters. The predicted molar refractivity (Wildman–Crippen MR) is 103 cm³/mol. The molecule has 2 aromatic rings. The van der Waals surface area contributed by atoms with Crippen molar-refractivity contribution in [2.45, 2.75) is 24.2 Å². The van der Waals surface area contributed by atoms with E-state index in [1.807, 2.05) is 6.07 Å². The number of fused-ring (bicyclic) bond motifs is 1. The molecule has 3 aliphatic carbocycles. The summed E-state index contributed by atoms with van der Waals surface area (Å²) in [7, 11) is 3.23. The monoisotopic (exact) mass is 363 g/mol. The van der Waals surface area contributed by atoms with Crippen molar-refractivity contribution in [3.8, 4) is 5.75 Å². The van der Waals surface area contributed by atoms with Gasteiger partial charge in [0.1, 0.15) is 5.75 Å². The van der Waals surface area contributed by atoms with E-state index in [0.717, 1.165) is 25.1 Å². The average molecular weight is 363 g/mol. The van der Waals surface area contributed by atoms with Crippen LogP contribution in [0.5, 0.6) is 5.75 Å². The van der Waals surface area contributed by atoms with Gasteiger partial charge in [-0.15, -0.1) is 0 Å². The average Bonchev–Trinajstić information content (AvgIpc) is 3.21. The Morgan fingerprint density at radius 3 is 2.81 bits per heavy atom. The van der Waals surface area contributed by atoms with Crippen LogP contribution in [0, 0.1) is 11.3 Å². The number of rotatable bonds is 3. The van der Waals surface area contributed by atoms with Crippen LogP contribution in [0.15, 0.2) is 48.5 Å². The number of esters is 1. The second-order valence-electron chi connectivity index (χ2n) is 8.10. The van der Waals surface area contributed by atoms with Crippen LogP contribution >= 0.6 is 0 Å². The fourth-order valence-corrected chi connectivity index (χ4v) is 6.42. The fourth-order valence-electron chi connectivity index (χ4n) is 6.42. The normalized spacial score (nSPS) is 33.3. The van der Waals surface area contributed by atoms with Gasteiger partial charge >= 0.3 is 5.97 Å². The van der Waals surface area contributed by atoms with Gasteiger partial charge < -0.3 is 14.8 Å². The molecule has 1 N–H and O–H groups in total. The first-order valence-electron chi connectivity index (χ1n) is 9.71. The first-order valence-corrected chi connectivity index (χ1v) is 9.71. The minimum atomic E-state index is -0.496. The summed E-state index contributed by atoms with van der Waals surface area (Å²) in [5.41, 5.74) is 3.25. The van der Waals surface area contributed by atoms with E-state index in [-0.39, 0.29) is 23.2 Å². The first kappa shape index (κ1) is 16.8. The van der Waals surface area contributed by atoms with Crippen molar-refractivity contribution in [1.29, 1.82) is 0 Å². The third kappa shape index (κ3) is 1.94. The Morgan fingerprint density at radius 1 is 1.15 bits per heavy atom. The van der Waals surface area contributed by atoms with E-state index in [2.05, 4.69) is 47.8 Å². The maximum absolute atomic E-state index is 13.2. The molecule has 1 saturated heterocycles. The van der Waals surface area contributed by atoms with Gasteiger partial charge in [-0.3, -0.25) is 4.79 Å². The van der Waals surface area contributed by atoms with Crippen LogP contribution in [0.2, 0.25) is 0 Å². The van der Waals surface area contributed by atoms with Gasteiger partial charge in [0, 0.05) is 30.3 Å². The standard InChI is InChI=1S/C23H25NO3/c1-26-16-7-5-6-15(12-16)22-11-10-19(17-8-3-4-9-18(17)22)23(21(25)27-2)14-24-13-20(22)23/h3-9,12,19-20,24H,10-11,13-14H2,1-2H3. The van der Waals surface area contributed by atoms with Crippen molar-refractivity contribution >= 4 is 5.97 Å². The van der Waals surface area contributed by atoms with E-state index in [1.165, 1.54) is 23.8 Å². The highest BCUT2D eigenvalue weighted by Gasteiger charge is 2.69. The van der Waals surface area contributed by atoms with Crippen LogP contribution in [0.3, 0.4) is 0 Å². The summed E-state index contributed by atoms with van der Waals surface area (Å²) >= 11 is 0. The summed E-state index contributed by atoms with van der Waals surface area (Å²) < 4.78 is 10.9. The maximum Gasteiger partial charge on any atom is 0.314 e. The molecule has 0 radical (unpaired) electrons. The largest absolute Gasteiger partial charge is 0.497 e. The molecule has 0 amide bonds. The van der Waals surface area contributed by atoms with Crippen LogP contribution < -0.4 is 10.1 Å². The lowest BCUT2D eigenvalue weighted by molar-refractivity contribution is -0.161.